The number of aliphatic imine (C=N–C) groups is 1. The molecule has 0 fully saturated rings. The van der Waals surface area contributed by atoms with Crippen LogP contribution >= 0.6 is 23.2 Å². The van der Waals surface area contributed by atoms with E-state index in [1.807, 2.05) is 24.3 Å². The highest BCUT2D eigenvalue weighted by Gasteiger charge is 2.22. The molecule has 4 aromatic rings. The monoisotopic (exact) mass is 447 g/mol. The maximum atomic E-state index is 13.5. The van der Waals surface area contributed by atoms with Crippen molar-refractivity contribution in [2.75, 3.05) is 0 Å². The zero-order valence-electron chi connectivity index (χ0n) is 16.0. The van der Waals surface area contributed by atoms with E-state index < -0.39 is 0 Å². The topological polar surface area (TPSA) is 59.5 Å². The number of aromatic hydroxyl groups is 1. The normalized spacial score (nSPS) is 13.7. The first kappa shape index (κ1) is 19.4. The van der Waals surface area contributed by atoms with Crippen LogP contribution in [0.15, 0.2) is 82.6 Å². The van der Waals surface area contributed by atoms with E-state index in [1.54, 1.807) is 60.8 Å². The van der Waals surface area contributed by atoms with Crippen molar-refractivity contribution in [2.24, 2.45) is 4.99 Å². The summed E-state index contributed by atoms with van der Waals surface area (Å²) in [6.07, 6.45) is 3.35. The number of fused-ring (bicyclic) bond motifs is 1. The van der Waals surface area contributed by atoms with E-state index >= 15 is 0 Å². The van der Waals surface area contributed by atoms with Gasteiger partial charge in [-0.3, -0.25) is 9.79 Å². The van der Waals surface area contributed by atoms with Gasteiger partial charge in [-0.25, -0.2) is 9.36 Å². The van der Waals surface area contributed by atoms with Gasteiger partial charge < -0.3 is 5.11 Å². The van der Waals surface area contributed by atoms with Gasteiger partial charge in [0.2, 0.25) is 5.88 Å². The van der Waals surface area contributed by atoms with Crippen LogP contribution in [-0.4, -0.2) is 20.7 Å². The first-order chi connectivity index (χ1) is 15.0. The minimum Gasteiger partial charge on any atom is -0.493 e. The molecule has 0 atom stereocenters. The van der Waals surface area contributed by atoms with Crippen LogP contribution in [-0.2, 0) is 0 Å². The Balaban J connectivity index is 1.76. The van der Waals surface area contributed by atoms with Crippen molar-refractivity contribution in [1.82, 2.24) is 9.36 Å². The van der Waals surface area contributed by atoms with Crippen molar-refractivity contribution in [3.8, 4) is 17.3 Å². The van der Waals surface area contributed by atoms with Gasteiger partial charge in [0.1, 0.15) is 5.56 Å². The van der Waals surface area contributed by atoms with Gasteiger partial charge in [-0.1, -0.05) is 41.4 Å². The minimum atomic E-state index is -0.375. The minimum absolute atomic E-state index is 0.156. The van der Waals surface area contributed by atoms with Crippen molar-refractivity contribution in [2.45, 2.75) is 0 Å². The van der Waals surface area contributed by atoms with Crippen molar-refractivity contribution in [3.63, 3.8) is 0 Å². The molecule has 1 N–H and O–H groups in total. The van der Waals surface area contributed by atoms with Gasteiger partial charge in [0.05, 0.1) is 17.1 Å². The molecule has 0 unspecified atom stereocenters. The van der Waals surface area contributed by atoms with Gasteiger partial charge in [-0.05, 0) is 60.7 Å². The Morgan fingerprint density at radius 2 is 1.39 bits per heavy atom. The first-order valence-electron chi connectivity index (χ1n) is 9.47. The standard InChI is InChI=1S/C24H15Cl2N3O2/c25-16-5-9-18(10-6-16)28-23(30)21(13-15-14-27-22-4-2-1-3-20(15)22)24(31)29(28)19-11-7-17(26)8-12-19/h1-14,30H/b15-13+. The first-order valence-corrected chi connectivity index (χ1v) is 10.2. The molecule has 5 nitrogen and oxygen atoms in total. The highest BCUT2D eigenvalue weighted by Crippen LogP contribution is 2.34. The largest absolute Gasteiger partial charge is 0.493 e. The Kier molecular flexibility index (Phi) is 4.77. The van der Waals surface area contributed by atoms with Gasteiger partial charge in [0.25, 0.3) is 5.56 Å². The van der Waals surface area contributed by atoms with Crippen LogP contribution in [0.25, 0.3) is 23.0 Å². The van der Waals surface area contributed by atoms with Gasteiger partial charge in [0, 0.05) is 27.4 Å². The third-order valence-corrected chi connectivity index (χ3v) is 5.57. The summed E-state index contributed by atoms with van der Waals surface area (Å²) in [6.45, 7) is 0. The predicted molar refractivity (Wildman–Crippen MR) is 126 cm³/mol. The number of hydrogen-bond donors (Lipinski definition) is 1. The van der Waals surface area contributed by atoms with Crippen LogP contribution in [0.4, 0.5) is 5.69 Å². The van der Waals surface area contributed by atoms with Crippen LogP contribution in [0.5, 0.6) is 5.88 Å². The summed E-state index contributed by atoms with van der Waals surface area (Å²) in [4.78, 5) is 17.9. The highest BCUT2D eigenvalue weighted by molar-refractivity contribution is 6.30. The van der Waals surface area contributed by atoms with Crippen LogP contribution in [0.1, 0.15) is 11.1 Å². The number of para-hydroxylation sites is 1. The quantitative estimate of drug-likeness (QED) is 0.425. The Hall–Kier alpha value is -3.54. The molecule has 7 heteroatoms. The van der Waals surface area contributed by atoms with E-state index in [0.717, 1.165) is 16.8 Å². The molecule has 0 saturated carbocycles. The van der Waals surface area contributed by atoms with Crippen molar-refractivity contribution in [3.05, 3.63) is 104 Å². The molecular formula is C24H15Cl2N3O2. The second-order valence-corrected chi connectivity index (χ2v) is 7.87. The smallest absolute Gasteiger partial charge is 0.283 e. The fourth-order valence-corrected chi connectivity index (χ4v) is 3.83. The molecule has 0 amide bonds. The summed E-state index contributed by atoms with van der Waals surface area (Å²) in [5.41, 5.74) is 3.40. The lowest BCUT2D eigenvalue weighted by atomic mass is 10.1. The molecule has 0 spiro atoms. The second kappa shape index (κ2) is 7.61. The zero-order valence-corrected chi connectivity index (χ0v) is 17.5. The molecule has 0 aliphatic carbocycles. The van der Waals surface area contributed by atoms with E-state index in [0.29, 0.717) is 21.4 Å². The fourth-order valence-electron chi connectivity index (χ4n) is 3.58. The lowest BCUT2D eigenvalue weighted by Crippen LogP contribution is -2.21. The molecule has 5 rings (SSSR count). The molecule has 1 aliphatic heterocycles. The molecular weight excluding hydrogens is 433 g/mol. The molecule has 0 radical (unpaired) electrons. The van der Waals surface area contributed by atoms with Gasteiger partial charge >= 0.3 is 0 Å². The molecule has 3 aromatic carbocycles. The Bertz CT molecular complexity index is 1410. The summed E-state index contributed by atoms with van der Waals surface area (Å²) >= 11 is 12.1. The van der Waals surface area contributed by atoms with Crippen LogP contribution < -0.4 is 5.56 Å². The van der Waals surface area contributed by atoms with Crippen LogP contribution in [0, 0.1) is 0 Å². The number of nitrogens with zero attached hydrogens (tertiary/aromatic N) is 3. The third-order valence-electron chi connectivity index (χ3n) is 5.06. The van der Waals surface area contributed by atoms with E-state index in [9.17, 15) is 9.90 Å². The van der Waals surface area contributed by atoms with E-state index in [2.05, 4.69) is 4.99 Å². The lowest BCUT2D eigenvalue weighted by molar-refractivity contribution is 0.424. The number of rotatable bonds is 3. The Morgan fingerprint density at radius 1 is 0.806 bits per heavy atom. The van der Waals surface area contributed by atoms with E-state index in [1.165, 1.54) is 9.36 Å². The molecule has 1 aliphatic rings. The molecule has 152 valence electrons. The number of hydrogen-bond acceptors (Lipinski definition) is 3. The average molecular weight is 448 g/mol. The molecule has 31 heavy (non-hydrogen) atoms. The highest BCUT2D eigenvalue weighted by atomic mass is 35.5. The number of aromatic nitrogens is 2. The predicted octanol–water partition coefficient (Wildman–Crippen LogP) is 5.90. The van der Waals surface area contributed by atoms with E-state index in [4.69, 9.17) is 23.2 Å². The lowest BCUT2D eigenvalue weighted by Gasteiger charge is -2.12. The van der Waals surface area contributed by atoms with Gasteiger partial charge in [-0.15, -0.1) is 0 Å². The number of allylic oxidation sites excluding steroid dienone is 1. The van der Waals surface area contributed by atoms with Crippen molar-refractivity contribution in [1.29, 1.82) is 0 Å². The second-order valence-electron chi connectivity index (χ2n) is 6.99. The van der Waals surface area contributed by atoms with Crippen LogP contribution in [0.3, 0.4) is 0 Å². The third kappa shape index (κ3) is 3.38. The summed E-state index contributed by atoms with van der Waals surface area (Å²) < 4.78 is 2.85. The van der Waals surface area contributed by atoms with Crippen molar-refractivity contribution < 1.29 is 5.11 Å². The zero-order chi connectivity index (χ0) is 21.5. The molecule has 2 heterocycles. The maximum Gasteiger partial charge on any atom is 0.283 e. The number of halogens is 2. The summed E-state index contributed by atoms with van der Waals surface area (Å²) in [7, 11) is 0. The summed E-state index contributed by atoms with van der Waals surface area (Å²) in [6, 6.07) is 21.3. The van der Waals surface area contributed by atoms with Gasteiger partial charge in [0.15, 0.2) is 0 Å². The SMILES string of the molecule is O=c1c(/C=C2\C=Nc3ccccc32)c(O)n(-c2ccc(Cl)cc2)n1-c1ccc(Cl)cc1. The molecule has 0 bridgehead atoms. The maximum absolute atomic E-state index is 13.5. The average Bonchev–Trinajstić information content (AvgIpc) is 3.29. The van der Waals surface area contributed by atoms with Crippen molar-refractivity contribution >= 4 is 46.8 Å². The number of benzene rings is 3. The van der Waals surface area contributed by atoms with Crippen LogP contribution in [0.2, 0.25) is 10.0 Å². The Labute approximate surface area is 187 Å². The van der Waals surface area contributed by atoms with E-state index in [-0.39, 0.29) is 17.0 Å². The van der Waals surface area contributed by atoms with Gasteiger partial charge in [-0.2, -0.15) is 0 Å². The fraction of sp³-hybridized carbons (Fsp3) is 0. The summed E-state index contributed by atoms with van der Waals surface area (Å²) in [5.74, 6) is -0.187. The summed E-state index contributed by atoms with van der Waals surface area (Å²) in [5, 5.41) is 12.2. The molecule has 1 aromatic heterocycles. The Morgan fingerprint density at radius 3 is 2.03 bits per heavy atom. The molecule has 0 saturated heterocycles.